The number of hydrogen-bond acceptors (Lipinski definition) is 4. The Bertz CT molecular complexity index is 936. The lowest BCUT2D eigenvalue weighted by atomic mass is 10.1. The Morgan fingerprint density at radius 2 is 1.68 bits per heavy atom. The number of benzene rings is 2. The van der Waals surface area contributed by atoms with Gasteiger partial charge in [-0.05, 0) is 42.0 Å². The lowest BCUT2D eigenvalue weighted by molar-refractivity contribution is 0.355. The highest BCUT2D eigenvalue weighted by Gasteiger charge is 2.09. The molecule has 0 aliphatic heterocycles. The molecule has 0 N–H and O–H groups in total. The molecule has 0 amide bonds. The van der Waals surface area contributed by atoms with Gasteiger partial charge >= 0.3 is 0 Å². The smallest absolute Gasteiger partial charge is 0.267 e. The first-order valence-corrected chi connectivity index (χ1v) is 7.65. The predicted molar refractivity (Wildman–Crippen MR) is 92.5 cm³/mol. The number of ether oxygens (including phenoxy) is 2. The normalized spacial score (nSPS) is 10.5. The first-order valence-electron chi connectivity index (χ1n) is 7.65. The average Bonchev–Trinajstić information content (AvgIpc) is 2.64. The molecule has 0 aliphatic carbocycles. The molecule has 6 heteroatoms. The van der Waals surface area contributed by atoms with Crippen molar-refractivity contribution in [3.8, 4) is 22.8 Å². The third kappa shape index (κ3) is 3.68. The Hall–Kier alpha value is -3.15. The highest BCUT2D eigenvalue weighted by molar-refractivity contribution is 5.63. The van der Waals surface area contributed by atoms with Gasteiger partial charge in [-0.2, -0.15) is 5.10 Å². The number of hydrogen-bond donors (Lipinski definition) is 0. The topological polar surface area (TPSA) is 53.4 Å². The Labute approximate surface area is 144 Å². The van der Waals surface area contributed by atoms with Crippen LogP contribution in [0.2, 0.25) is 0 Å². The van der Waals surface area contributed by atoms with E-state index in [0.29, 0.717) is 17.2 Å². The van der Waals surface area contributed by atoms with Crippen LogP contribution in [0.25, 0.3) is 11.3 Å². The molecule has 0 aliphatic rings. The SMILES string of the molecule is COc1ccc(-c2ccc(=O)n(Cc3ccc(F)cc3)n2)cc1OC. The number of halogens is 1. The van der Waals surface area contributed by atoms with Crippen molar-refractivity contribution in [3.05, 3.63) is 76.3 Å². The third-order valence-electron chi connectivity index (χ3n) is 3.79. The van der Waals surface area contributed by atoms with Crippen LogP contribution in [0.5, 0.6) is 11.5 Å². The van der Waals surface area contributed by atoms with Crippen LogP contribution in [-0.2, 0) is 6.54 Å². The monoisotopic (exact) mass is 340 g/mol. The van der Waals surface area contributed by atoms with Gasteiger partial charge in [0.05, 0.1) is 26.5 Å². The van der Waals surface area contributed by atoms with Gasteiger partial charge in [-0.25, -0.2) is 9.07 Å². The van der Waals surface area contributed by atoms with Gasteiger partial charge in [0.15, 0.2) is 11.5 Å². The Morgan fingerprint density at radius 1 is 0.960 bits per heavy atom. The lowest BCUT2D eigenvalue weighted by Gasteiger charge is -2.11. The van der Waals surface area contributed by atoms with Gasteiger partial charge in [-0.15, -0.1) is 0 Å². The second kappa shape index (κ2) is 7.17. The van der Waals surface area contributed by atoms with E-state index < -0.39 is 0 Å². The summed E-state index contributed by atoms with van der Waals surface area (Å²) in [5, 5.41) is 4.41. The van der Waals surface area contributed by atoms with Crippen LogP contribution in [0, 0.1) is 5.82 Å². The van der Waals surface area contributed by atoms with E-state index in [4.69, 9.17) is 9.47 Å². The zero-order chi connectivity index (χ0) is 17.8. The number of methoxy groups -OCH3 is 2. The molecule has 25 heavy (non-hydrogen) atoms. The van der Waals surface area contributed by atoms with E-state index in [1.165, 1.54) is 22.9 Å². The summed E-state index contributed by atoms with van der Waals surface area (Å²) in [6.45, 7) is 0.264. The molecule has 0 radical (unpaired) electrons. The molecule has 1 heterocycles. The van der Waals surface area contributed by atoms with Crippen LogP contribution >= 0.6 is 0 Å². The molecule has 0 atom stereocenters. The lowest BCUT2D eigenvalue weighted by Crippen LogP contribution is -2.22. The summed E-state index contributed by atoms with van der Waals surface area (Å²) in [4.78, 5) is 12.1. The number of nitrogens with zero attached hydrogens (tertiary/aromatic N) is 2. The van der Waals surface area contributed by atoms with Crippen LogP contribution in [0.1, 0.15) is 5.56 Å². The minimum Gasteiger partial charge on any atom is -0.493 e. The molecule has 3 aromatic rings. The van der Waals surface area contributed by atoms with Gasteiger partial charge in [0.25, 0.3) is 5.56 Å². The largest absolute Gasteiger partial charge is 0.493 e. The van der Waals surface area contributed by atoms with Gasteiger partial charge < -0.3 is 9.47 Å². The molecule has 0 unspecified atom stereocenters. The molecule has 5 nitrogen and oxygen atoms in total. The van der Waals surface area contributed by atoms with Gasteiger partial charge in [-0.1, -0.05) is 12.1 Å². The molecule has 0 saturated heterocycles. The van der Waals surface area contributed by atoms with Crippen molar-refractivity contribution in [2.45, 2.75) is 6.54 Å². The first kappa shape index (κ1) is 16.7. The van der Waals surface area contributed by atoms with Crippen LogP contribution in [-0.4, -0.2) is 24.0 Å². The van der Waals surface area contributed by atoms with E-state index in [1.54, 1.807) is 44.6 Å². The van der Waals surface area contributed by atoms with Crippen LogP contribution < -0.4 is 15.0 Å². The molecule has 128 valence electrons. The highest BCUT2D eigenvalue weighted by atomic mass is 19.1. The van der Waals surface area contributed by atoms with Crippen molar-refractivity contribution >= 4 is 0 Å². The second-order valence-corrected chi connectivity index (χ2v) is 5.41. The standard InChI is InChI=1S/C19H17FN2O3/c1-24-17-9-5-14(11-18(17)25-2)16-8-10-19(23)22(21-16)12-13-3-6-15(20)7-4-13/h3-11H,12H2,1-2H3. The van der Waals surface area contributed by atoms with Crippen LogP contribution in [0.4, 0.5) is 4.39 Å². The average molecular weight is 340 g/mol. The van der Waals surface area contributed by atoms with Crippen LogP contribution in [0.15, 0.2) is 59.4 Å². The third-order valence-corrected chi connectivity index (χ3v) is 3.79. The molecule has 1 aromatic heterocycles. The Morgan fingerprint density at radius 3 is 2.36 bits per heavy atom. The molecule has 3 rings (SSSR count). The molecular weight excluding hydrogens is 323 g/mol. The molecular formula is C19H17FN2O3. The fraction of sp³-hybridized carbons (Fsp3) is 0.158. The maximum absolute atomic E-state index is 13.0. The maximum Gasteiger partial charge on any atom is 0.267 e. The molecule has 0 fully saturated rings. The zero-order valence-electron chi connectivity index (χ0n) is 13.9. The van der Waals surface area contributed by atoms with E-state index >= 15 is 0 Å². The van der Waals surface area contributed by atoms with E-state index in [-0.39, 0.29) is 17.9 Å². The fourth-order valence-electron chi connectivity index (χ4n) is 2.47. The molecule has 0 saturated carbocycles. The van der Waals surface area contributed by atoms with Crippen molar-refractivity contribution in [1.29, 1.82) is 0 Å². The summed E-state index contributed by atoms with van der Waals surface area (Å²) in [6.07, 6.45) is 0. The summed E-state index contributed by atoms with van der Waals surface area (Å²) in [6, 6.07) is 14.5. The summed E-state index contributed by atoms with van der Waals surface area (Å²) < 4.78 is 24.9. The maximum atomic E-state index is 13.0. The minimum absolute atomic E-state index is 0.228. The second-order valence-electron chi connectivity index (χ2n) is 5.41. The molecule has 2 aromatic carbocycles. The summed E-state index contributed by atoms with van der Waals surface area (Å²) >= 11 is 0. The number of aromatic nitrogens is 2. The van der Waals surface area contributed by atoms with Crippen molar-refractivity contribution in [3.63, 3.8) is 0 Å². The van der Waals surface area contributed by atoms with Crippen molar-refractivity contribution < 1.29 is 13.9 Å². The highest BCUT2D eigenvalue weighted by Crippen LogP contribution is 2.31. The minimum atomic E-state index is -0.317. The quantitative estimate of drug-likeness (QED) is 0.716. The van der Waals surface area contributed by atoms with E-state index in [0.717, 1.165) is 11.1 Å². The summed E-state index contributed by atoms with van der Waals surface area (Å²) in [7, 11) is 3.13. The Kier molecular flexibility index (Phi) is 4.79. The summed E-state index contributed by atoms with van der Waals surface area (Å²) in [5.74, 6) is 0.882. The van der Waals surface area contributed by atoms with Gasteiger partial charge in [0.1, 0.15) is 5.82 Å². The summed E-state index contributed by atoms with van der Waals surface area (Å²) in [5.41, 5.74) is 1.99. The van der Waals surface area contributed by atoms with Gasteiger partial charge in [0, 0.05) is 11.6 Å². The number of rotatable bonds is 5. The fourth-order valence-corrected chi connectivity index (χ4v) is 2.47. The first-order chi connectivity index (χ1) is 12.1. The van der Waals surface area contributed by atoms with Gasteiger partial charge in [-0.3, -0.25) is 4.79 Å². The van der Waals surface area contributed by atoms with Crippen LogP contribution in [0.3, 0.4) is 0 Å². The van der Waals surface area contributed by atoms with E-state index in [9.17, 15) is 9.18 Å². The molecule has 0 spiro atoms. The van der Waals surface area contributed by atoms with Crippen molar-refractivity contribution in [1.82, 2.24) is 9.78 Å². The molecule has 0 bridgehead atoms. The van der Waals surface area contributed by atoms with E-state index in [1.807, 2.05) is 6.07 Å². The van der Waals surface area contributed by atoms with Crippen molar-refractivity contribution in [2.75, 3.05) is 14.2 Å². The van der Waals surface area contributed by atoms with Gasteiger partial charge in [0.2, 0.25) is 0 Å². The van der Waals surface area contributed by atoms with E-state index in [2.05, 4.69) is 5.10 Å². The Balaban J connectivity index is 1.96. The predicted octanol–water partition coefficient (Wildman–Crippen LogP) is 3.11. The zero-order valence-corrected chi connectivity index (χ0v) is 13.9. The van der Waals surface area contributed by atoms with Crippen molar-refractivity contribution in [2.24, 2.45) is 0 Å².